The molecule has 1 N–H and O–H groups in total. The van der Waals surface area contributed by atoms with E-state index >= 15 is 0 Å². The molecule has 0 heterocycles. The van der Waals surface area contributed by atoms with Gasteiger partial charge in [0.05, 0.1) is 19.6 Å². The summed E-state index contributed by atoms with van der Waals surface area (Å²) >= 11 is 0. The van der Waals surface area contributed by atoms with E-state index in [1.54, 1.807) is 26.0 Å². The Morgan fingerprint density at radius 3 is 2.37 bits per heavy atom. The third-order valence-corrected chi connectivity index (χ3v) is 2.98. The second-order valence-corrected chi connectivity index (χ2v) is 4.99. The Balaban J connectivity index is 3.28. The van der Waals surface area contributed by atoms with Crippen LogP contribution in [0.4, 0.5) is 4.39 Å². The van der Waals surface area contributed by atoms with Crippen LogP contribution in [0.15, 0.2) is 12.1 Å². The van der Waals surface area contributed by atoms with E-state index in [0.29, 0.717) is 22.6 Å². The third kappa shape index (κ3) is 3.36. The van der Waals surface area contributed by atoms with Gasteiger partial charge in [-0.25, -0.2) is 4.39 Å². The van der Waals surface area contributed by atoms with Gasteiger partial charge in [0.25, 0.3) is 0 Å². The van der Waals surface area contributed by atoms with Crippen LogP contribution in [0.25, 0.3) is 0 Å². The van der Waals surface area contributed by atoms with Crippen LogP contribution in [0.2, 0.25) is 0 Å². The molecule has 0 spiro atoms. The van der Waals surface area contributed by atoms with E-state index < -0.39 is 18.1 Å². The zero-order valence-corrected chi connectivity index (χ0v) is 11.6. The second kappa shape index (κ2) is 5.91. The predicted octanol–water partition coefficient (Wildman–Crippen LogP) is 2.83. The van der Waals surface area contributed by atoms with E-state index in [1.807, 2.05) is 0 Å². The molecule has 5 heteroatoms. The van der Waals surface area contributed by atoms with Gasteiger partial charge in [-0.1, -0.05) is 0 Å². The lowest BCUT2D eigenvalue weighted by molar-refractivity contribution is -0.146. The molecule has 106 valence electrons. The van der Waals surface area contributed by atoms with Gasteiger partial charge in [0.2, 0.25) is 0 Å². The summed E-state index contributed by atoms with van der Waals surface area (Å²) < 4.78 is 23.2. The zero-order valence-electron chi connectivity index (χ0n) is 11.6. The zero-order chi connectivity index (χ0) is 14.6. The molecule has 0 fully saturated rings. The van der Waals surface area contributed by atoms with Crippen LogP contribution in [0.5, 0.6) is 11.5 Å². The minimum Gasteiger partial charge on any atom is -0.493 e. The number of rotatable bonds is 6. The van der Waals surface area contributed by atoms with Gasteiger partial charge in [-0.3, -0.25) is 4.79 Å². The average molecular weight is 270 g/mol. The molecule has 0 saturated carbocycles. The molecule has 0 aliphatic carbocycles. The van der Waals surface area contributed by atoms with Crippen LogP contribution in [0.3, 0.4) is 0 Å². The van der Waals surface area contributed by atoms with E-state index in [9.17, 15) is 14.3 Å². The average Bonchev–Trinajstić information content (AvgIpc) is 2.36. The van der Waals surface area contributed by atoms with Crippen LogP contribution in [-0.4, -0.2) is 25.3 Å². The maximum atomic E-state index is 12.8. The molecule has 0 atom stereocenters. The largest absolute Gasteiger partial charge is 0.493 e. The monoisotopic (exact) mass is 270 g/mol. The summed E-state index contributed by atoms with van der Waals surface area (Å²) in [7, 11) is 2.94. The van der Waals surface area contributed by atoms with E-state index in [4.69, 9.17) is 9.47 Å². The summed E-state index contributed by atoms with van der Waals surface area (Å²) in [6.07, 6.45) is 0.232. The van der Waals surface area contributed by atoms with Crippen LogP contribution in [0, 0.1) is 5.41 Å². The van der Waals surface area contributed by atoms with Gasteiger partial charge < -0.3 is 14.6 Å². The van der Waals surface area contributed by atoms with Gasteiger partial charge >= 0.3 is 5.97 Å². The van der Waals surface area contributed by atoms with Crippen LogP contribution >= 0.6 is 0 Å². The lowest BCUT2D eigenvalue weighted by atomic mass is 9.85. The Bertz CT molecular complexity index is 469. The van der Waals surface area contributed by atoms with Crippen molar-refractivity contribution in [3.63, 3.8) is 0 Å². The highest BCUT2D eigenvalue weighted by atomic mass is 19.1. The SMILES string of the molecule is COc1cc(CF)cc(CC(C)(C)C(=O)O)c1OC. The first-order valence-electron chi connectivity index (χ1n) is 5.89. The standard InChI is InChI=1S/C14H19FO4/c1-14(2,13(16)17)7-10-5-9(8-15)6-11(18-3)12(10)19-4/h5-6H,7-8H2,1-4H3,(H,16,17). The minimum atomic E-state index is -0.965. The van der Waals surface area contributed by atoms with Gasteiger partial charge in [0.1, 0.15) is 6.67 Å². The molecule has 0 amide bonds. The van der Waals surface area contributed by atoms with E-state index in [1.165, 1.54) is 14.2 Å². The highest BCUT2D eigenvalue weighted by Crippen LogP contribution is 2.36. The van der Waals surface area contributed by atoms with Crippen molar-refractivity contribution in [2.45, 2.75) is 26.9 Å². The van der Waals surface area contributed by atoms with Crippen molar-refractivity contribution in [3.05, 3.63) is 23.3 Å². The van der Waals surface area contributed by atoms with E-state index in [0.717, 1.165) is 0 Å². The Morgan fingerprint density at radius 1 is 1.32 bits per heavy atom. The molecule has 0 bridgehead atoms. The molecule has 1 rings (SSSR count). The van der Waals surface area contributed by atoms with Crippen molar-refractivity contribution in [3.8, 4) is 11.5 Å². The Hall–Kier alpha value is -1.78. The summed E-state index contributed by atoms with van der Waals surface area (Å²) in [4.78, 5) is 11.2. The number of benzene rings is 1. The van der Waals surface area contributed by atoms with Crippen LogP contribution in [0.1, 0.15) is 25.0 Å². The summed E-state index contributed by atoms with van der Waals surface area (Å²) in [6.45, 7) is 2.59. The molecule has 0 aliphatic heterocycles. The lowest BCUT2D eigenvalue weighted by Crippen LogP contribution is -2.26. The van der Waals surface area contributed by atoms with Crippen molar-refractivity contribution in [1.82, 2.24) is 0 Å². The quantitative estimate of drug-likeness (QED) is 0.863. The lowest BCUT2D eigenvalue weighted by Gasteiger charge is -2.22. The third-order valence-electron chi connectivity index (χ3n) is 2.98. The highest BCUT2D eigenvalue weighted by molar-refractivity contribution is 5.74. The molecule has 1 aromatic carbocycles. The number of carboxylic acids is 1. The number of ether oxygens (including phenoxy) is 2. The number of aliphatic carboxylic acids is 1. The first-order chi connectivity index (χ1) is 8.85. The molecule has 0 unspecified atom stereocenters. The number of hydrogen-bond donors (Lipinski definition) is 1. The number of halogens is 1. The maximum absolute atomic E-state index is 12.8. The van der Waals surface area contributed by atoms with Gasteiger partial charge in [-0.15, -0.1) is 0 Å². The number of alkyl halides is 1. The fourth-order valence-electron chi connectivity index (χ4n) is 1.87. The van der Waals surface area contributed by atoms with Crippen molar-refractivity contribution < 1.29 is 23.8 Å². The van der Waals surface area contributed by atoms with Gasteiger partial charge in [0, 0.05) is 0 Å². The molecular formula is C14H19FO4. The number of hydrogen-bond acceptors (Lipinski definition) is 3. The fourth-order valence-corrected chi connectivity index (χ4v) is 1.87. The molecular weight excluding hydrogens is 251 g/mol. The van der Waals surface area contributed by atoms with Crippen LogP contribution in [-0.2, 0) is 17.9 Å². The smallest absolute Gasteiger partial charge is 0.309 e. The normalized spacial score (nSPS) is 11.2. The summed E-state index contributed by atoms with van der Waals surface area (Å²) in [5, 5.41) is 9.17. The summed E-state index contributed by atoms with van der Waals surface area (Å²) in [5.41, 5.74) is 0.100. The Labute approximate surface area is 112 Å². The Morgan fingerprint density at radius 2 is 1.95 bits per heavy atom. The fraction of sp³-hybridized carbons (Fsp3) is 0.500. The number of carbonyl (C=O) groups is 1. The molecule has 0 saturated heterocycles. The topological polar surface area (TPSA) is 55.8 Å². The van der Waals surface area contributed by atoms with Crippen molar-refractivity contribution in [1.29, 1.82) is 0 Å². The first-order valence-corrected chi connectivity index (χ1v) is 5.89. The number of methoxy groups -OCH3 is 2. The molecule has 0 aliphatic rings. The molecule has 0 aromatic heterocycles. The summed E-state index contributed by atoms with van der Waals surface area (Å²) in [5.74, 6) is -0.0537. The van der Waals surface area contributed by atoms with Crippen molar-refractivity contribution in [2.75, 3.05) is 14.2 Å². The van der Waals surface area contributed by atoms with Gasteiger partial charge in [-0.05, 0) is 43.5 Å². The number of carboxylic acid groups (broad SMARTS) is 1. The van der Waals surface area contributed by atoms with Crippen molar-refractivity contribution >= 4 is 5.97 Å². The molecule has 19 heavy (non-hydrogen) atoms. The molecule has 4 nitrogen and oxygen atoms in total. The molecule has 1 aromatic rings. The predicted molar refractivity (Wildman–Crippen MR) is 69.5 cm³/mol. The van der Waals surface area contributed by atoms with Gasteiger partial charge in [0.15, 0.2) is 11.5 Å². The highest BCUT2D eigenvalue weighted by Gasteiger charge is 2.29. The van der Waals surface area contributed by atoms with Crippen molar-refractivity contribution in [2.24, 2.45) is 5.41 Å². The second-order valence-electron chi connectivity index (χ2n) is 4.99. The van der Waals surface area contributed by atoms with E-state index in [2.05, 4.69) is 0 Å². The first kappa shape index (κ1) is 15.3. The van der Waals surface area contributed by atoms with Gasteiger partial charge in [-0.2, -0.15) is 0 Å². The van der Waals surface area contributed by atoms with E-state index in [-0.39, 0.29) is 6.42 Å². The Kier molecular flexibility index (Phi) is 4.75. The molecule has 0 radical (unpaired) electrons. The minimum absolute atomic E-state index is 0.232. The maximum Gasteiger partial charge on any atom is 0.309 e. The van der Waals surface area contributed by atoms with Crippen LogP contribution < -0.4 is 9.47 Å². The summed E-state index contributed by atoms with van der Waals surface area (Å²) in [6, 6.07) is 3.17.